The van der Waals surface area contributed by atoms with E-state index in [-0.39, 0.29) is 49.5 Å². The molecule has 66 heavy (non-hydrogen) atoms. The summed E-state index contributed by atoms with van der Waals surface area (Å²) in [5.74, 6) is -5.28. The van der Waals surface area contributed by atoms with E-state index in [1.54, 1.807) is 41.5 Å². The molecule has 1 aromatic heterocycles. The number of ketones is 1. The summed E-state index contributed by atoms with van der Waals surface area (Å²) in [5.41, 5.74) is -4.54. The molecular formula is C47H77N3O15S. The Kier molecular flexibility index (Phi) is 17.7. The number of aromatic nitrogens is 2. The Morgan fingerprint density at radius 3 is 2.17 bits per heavy atom. The van der Waals surface area contributed by atoms with Crippen molar-refractivity contribution in [2.75, 3.05) is 34.1 Å². The molecule has 5 rings (SSSR count). The van der Waals surface area contributed by atoms with E-state index in [0.29, 0.717) is 12.0 Å². The summed E-state index contributed by atoms with van der Waals surface area (Å²) in [5, 5.41) is 22.0. The van der Waals surface area contributed by atoms with Crippen LogP contribution in [0.2, 0.25) is 0 Å². The number of nitrogens with one attached hydrogen (secondary N) is 1. The zero-order chi connectivity index (χ0) is 49.4. The topological polar surface area (TPSA) is 224 Å². The lowest BCUT2D eigenvalue weighted by molar-refractivity contribution is -0.319. The lowest BCUT2D eigenvalue weighted by atomic mass is 9.70. The van der Waals surface area contributed by atoms with Gasteiger partial charge in [-0.05, 0) is 81.8 Å². The van der Waals surface area contributed by atoms with Crippen LogP contribution in [0.4, 0.5) is 0 Å². The number of hydrogen-bond donors (Lipinski definition) is 3. The van der Waals surface area contributed by atoms with E-state index in [1.165, 1.54) is 36.7 Å². The summed E-state index contributed by atoms with van der Waals surface area (Å²) in [7, 11) is 6.78. The third kappa shape index (κ3) is 11.0. The van der Waals surface area contributed by atoms with Crippen LogP contribution in [0.3, 0.4) is 0 Å². The fraction of sp³-hybridized carbons (Fsp3) is 0.851. The van der Waals surface area contributed by atoms with Gasteiger partial charge in [-0.2, -0.15) is 0 Å². The molecule has 376 valence electrons. The number of aryl methyl sites for hydroxylation is 2. The van der Waals surface area contributed by atoms with Crippen molar-refractivity contribution in [3.8, 4) is 0 Å². The molecule has 18 nitrogen and oxygen atoms in total. The van der Waals surface area contributed by atoms with Gasteiger partial charge in [0.15, 0.2) is 18.2 Å². The number of thioether (sulfide) groups is 1. The maximum atomic E-state index is 15.0. The van der Waals surface area contributed by atoms with Gasteiger partial charge < -0.3 is 53.0 Å². The summed E-state index contributed by atoms with van der Waals surface area (Å²) in [6.45, 7) is 19.6. The number of carbonyl (C=O) groups is 3. The molecule has 0 aliphatic carbocycles. The third-order valence-corrected chi connectivity index (χ3v) is 16.3. The highest BCUT2D eigenvalue weighted by molar-refractivity contribution is 8.00. The number of esters is 2. The number of aliphatic hydroxyl groups excluding tert-OH is 2. The van der Waals surface area contributed by atoms with Gasteiger partial charge in [-0.3, -0.25) is 28.7 Å². The Bertz CT molecular complexity index is 1980. The first-order valence-electron chi connectivity index (χ1n) is 23.4. The predicted octanol–water partition coefficient (Wildman–Crippen LogP) is 3.22. The zero-order valence-electron chi connectivity index (χ0n) is 41.6. The van der Waals surface area contributed by atoms with Crippen LogP contribution >= 0.6 is 11.8 Å². The molecule has 0 aromatic carbocycles. The summed E-state index contributed by atoms with van der Waals surface area (Å²) in [6, 6.07) is -0.317. The Labute approximate surface area is 393 Å². The van der Waals surface area contributed by atoms with Crippen LogP contribution in [0.1, 0.15) is 100 Å². The van der Waals surface area contributed by atoms with Crippen molar-refractivity contribution < 1.29 is 62.5 Å². The molecule has 4 fully saturated rings. The number of aromatic amines is 1. The maximum absolute atomic E-state index is 15.0. The number of methoxy groups -OCH3 is 2. The number of aliphatic hydroxyl groups is 2. The first-order valence-corrected chi connectivity index (χ1v) is 24.5. The van der Waals surface area contributed by atoms with Crippen LogP contribution in [0.25, 0.3) is 0 Å². The number of nitrogens with zero attached hydrogens (tertiary/aromatic N) is 2. The first kappa shape index (κ1) is 54.2. The molecule has 19 heteroatoms. The van der Waals surface area contributed by atoms with Gasteiger partial charge in [0.05, 0.1) is 41.5 Å². The molecule has 4 aliphatic rings. The van der Waals surface area contributed by atoms with Gasteiger partial charge in [0.1, 0.15) is 29.3 Å². The smallest absolute Gasteiger partial charge is 0.328 e. The van der Waals surface area contributed by atoms with E-state index in [1.807, 2.05) is 53.6 Å². The SMILES string of the molecule is CC[C@H]1OC(=O)[C@H](C)[C@@H](O[C@H]2C[C@@](C)(OC)[C@@H](O)[C@@H](C)O2)[C@H](C)[C@@H](O[C@@H]2O[C@H](C)C[C@H](N(C)C)[C@H]2O)[C@](C)(OC)C[C@@H](C)C(=O)C(C)C2C(SCCn3cc(C)c(=O)[nH]c3=O)C(=O)O[C@@]21C. The van der Waals surface area contributed by atoms with E-state index >= 15 is 4.79 Å². The van der Waals surface area contributed by atoms with Crippen LogP contribution in [-0.2, 0) is 58.8 Å². The number of carbonyl (C=O) groups excluding carboxylic acids is 3. The Morgan fingerprint density at radius 2 is 1.56 bits per heavy atom. The summed E-state index contributed by atoms with van der Waals surface area (Å²) < 4.78 is 52.8. The highest BCUT2D eigenvalue weighted by Crippen LogP contribution is 2.49. The van der Waals surface area contributed by atoms with Crippen molar-refractivity contribution in [3.63, 3.8) is 0 Å². The molecule has 0 bridgehead atoms. The standard InChI is InChI=1S/C47H77N3O15S/c1-16-31-47(11)33(37(42(56)65-47)66-18-17-50-22-24(3)40(54)48-44(50)57)26(5)34(51)23(2)20-46(10,59-15)39(64-43-35(52)30(49(12)13)19-25(4)60-43)27(6)36(28(7)41(55)62-31)63-32-21-45(9,58-14)38(53)29(8)61-32/h22-23,25-33,35-39,43,52-53H,16-21H2,1-15H3,(H,48,54,57)/t23-,25-,26?,27+,28-,29-,30+,31-,32+,33?,35-,36+,37?,38+,39-,43+,45-,46-,47-/m1/s1. The fourth-order valence-corrected chi connectivity index (χ4v) is 12.4. The number of cyclic esters (lactones) is 1. The van der Waals surface area contributed by atoms with Crippen LogP contribution < -0.4 is 11.2 Å². The predicted molar refractivity (Wildman–Crippen MR) is 245 cm³/mol. The minimum atomic E-state index is -1.46. The summed E-state index contributed by atoms with van der Waals surface area (Å²) in [4.78, 5) is 73.0. The minimum Gasteiger partial charge on any atom is -0.458 e. The summed E-state index contributed by atoms with van der Waals surface area (Å²) in [6.07, 6.45) is -5.82. The lowest BCUT2D eigenvalue weighted by Crippen LogP contribution is -2.61. The quantitative estimate of drug-likeness (QED) is 0.256. The number of hydrogen-bond acceptors (Lipinski definition) is 17. The third-order valence-electron chi connectivity index (χ3n) is 15.1. The number of ether oxygens (including phenoxy) is 8. The van der Waals surface area contributed by atoms with Gasteiger partial charge in [-0.25, -0.2) is 4.79 Å². The fourth-order valence-electron chi connectivity index (χ4n) is 11.0. The Balaban J connectivity index is 1.61. The van der Waals surface area contributed by atoms with Gasteiger partial charge in [0.25, 0.3) is 5.56 Å². The van der Waals surface area contributed by atoms with Crippen molar-refractivity contribution in [1.82, 2.24) is 14.5 Å². The number of likely N-dealkylation sites (N-methyl/N-ethyl adjacent to an activating group) is 1. The molecule has 0 saturated carbocycles. The Morgan fingerprint density at radius 1 is 0.909 bits per heavy atom. The number of Topliss-reactive ketones (excluding diaryl/α,β-unsaturated/α-hetero) is 1. The molecule has 19 atom stereocenters. The van der Waals surface area contributed by atoms with Gasteiger partial charge >= 0.3 is 17.6 Å². The van der Waals surface area contributed by atoms with Gasteiger partial charge in [-0.1, -0.05) is 27.7 Å². The van der Waals surface area contributed by atoms with E-state index in [9.17, 15) is 29.4 Å². The van der Waals surface area contributed by atoms with Gasteiger partial charge in [-0.15, -0.1) is 11.8 Å². The van der Waals surface area contributed by atoms with Crippen LogP contribution in [-0.4, -0.2) is 160 Å². The second kappa shape index (κ2) is 21.5. The van der Waals surface area contributed by atoms with Crippen LogP contribution in [0, 0.1) is 36.5 Å². The van der Waals surface area contributed by atoms with E-state index in [0.717, 1.165) is 0 Å². The van der Waals surface area contributed by atoms with Gasteiger partial charge in [0, 0.05) is 74.4 Å². The van der Waals surface area contributed by atoms with E-state index in [2.05, 4.69) is 4.98 Å². The van der Waals surface area contributed by atoms with Crippen molar-refractivity contribution in [1.29, 1.82) is 0 Å². The Hall–Kier alpha value is -2.72. The molecule has 0 spiro atoms. The van der Waals surface area contributed by atoms with E-state index in [4.69, 9.17) is 37.9 Å². The molecule has 1 aromatic rings. The molecule has 0 radical (unpaired) electrons. The second-order valence-electron chi connectivity index (χ2n) is 20.1. The summed E-state index contributed by atoms with van der Waals surface area (Å²) >= 11 is 1.24. The molecule has 0 amide bonds. The largest absolute Gasteiger partial charge is 0.458 e. The average molecular weight is 956 g/mol. The normalized spacial score (nSPS) is 43.0. The molecule has 3 unspecified atom stereocenters. The second-order valence-corrected chi connectivity index (χ2v) is 21.4. The highest BCUT2D eigenvalue weighted by atomic mass is 32.2. The number of rotatable bonds is 12. The molecular weight excluding hydrogens is 879 g/mol. The minimum absolute atomic E-state index is 0.103. The molecule has 4 aliphatic heterocycles. The van der Waals surface area contributed by atoms with Crippen LogP contribution in [0.5, 0.6) is 0 Å². The average Bonchev–Trinajstić information content (AvgIpc) is 3.52. The monoisotopic (exact) mass is 956 g/mol. The molecule has 4 saturated heterocycles. The highest BCUT2D eigenvalue weighted by Gasteiger charge is 2.62. The van der Waals surface area contributed by atoms with E-state index < -0.39 is 124 Å². The zero-order valence-corrected chi connectivity index (χ0v) is 42.4. The van der Waals surface area contributed by atoms with Gasteiger partial charge in [0.2, 0.25) is 0 Å². The number of fused-ring (bicyclic) bond motifs is 1. The molecule has 5 heterocycles. The van der Waals surface area contributed by atoms with Crippen molar-refractivity contribution in [2.24, 2.45) is 29.6 Å². The van der Waals surface area contributed by atoms with Crippen LogP contribution in [0.15, 0.2) is 15.8 Å². The lowest BCUT2D eigenvalue weighted by Gasteiger charge is -2.50. The first-order chi connectivity index (χ1) is 30.8. The van der Waals surface area contributed by atoms with Crippen molar-refractivity contribution >= 4 is 29.5 Å². The van der Waals surface area contributed by atoms with Crippen molar-refractivity contribution in [2.45, 2.75) is 192 Å². The number of H-pyrrole nitrogens is 1. The maximum Gasteiger partial charge on any atom is 0.328 e. The molecule has 3 N–H and O–H groups in total. The van der Waals surface area contributed by atoms with Crippen molar-refractivity contribution in [3.05, 3.63) is 32.6 Å².